The van der Waals surface area contributed by atoms with Gasteiger partial charge in [-0.3, -0.25) is 14.4 Å². The summed E-state index contributed by atoms with van der Waals surface area (Å²) in [5.74, 6) is -0.266. The van der Waals surface area contributed by atoms with Crippen molar-refractivity contribution in [1.29, 1.82) is 0 Å². The summed E-state index contributed by atoms with van der Waals surface area (Å²) in [5.41, 5.74) is -13.6. The predicted molar refractivity (Wildman–Crippen MR) is 286 cm³/mol. The van der Waals surface area contributed by atoms with Gasteiger partial charge in [0.25, 0.3) is 11.2 Å². The van der Waals surface area contributed by atoms with E-state index in [-0.39, 0.29) is 59.5 Å². The summed E-state index contributed by atoms with van der Waals surface area (Å²) >= 11 is 0. The van der Waals surface area contributed by atoms with Gasteiger partial charge in [-0.2, -0.15) is 52.7 Å². The Morgan fingerprint density at radius 2 is 0.837 bits per heavy atom. The lowest BCUT2D eigenvalue weighted by atomic mass is 9.50. The van der Waals surface area contributed by atoms with Crippen LogP contribution in [0.25, 0.3) is 0 Å². The molecule has 0 aromatic rings. The highest BCUT2D eigenvalue weighted by Gasteiger charge is 2.73. The van der Waals surface area contributed by atoms with Gasteiger partial charge in [0, 0.05) is 25.3 Å². The van der Waals surface area contributed by atoms with Gasteiger partial charge in [0.15, 0.2) is 0 Å². The molecule has 12 aliphatic rings. The van der Waals surface area contributed by atoms with Gasteiger partial charge in [-0.1, -0.05) is 26.3 Å². The zero-order chi connectivity index (χ0) is 64.1. The first-order valence-corrected chi connectivity index (χ1v) is 31.1. The first kappa shape index (κ1) is 68.3. The van der Waals surface area contributed by atoms with Crippen LogP contribution in [0.3, 0.4) is 0 Å². The normalized spacial score (nSPS) is 36.4. The van der Waals surface area contributed by atoms with E-state index in [1.165, 1.54) is 59.3 Å². The first-order chi connectivity index (χ1) is 39.4. The second kappa shape index (κ2) is 23.9. The van der Waals surface area contributed by atoms with E-state index in [9.17, 15) is 86.9 Å². The lowest BCUT2D eigenvalue weighted by Crippen LogP contribution is -2.59. The maximum Gasteiger partial charge on any atom is 0.426 e. The second-order valence-electron chi connectivity index (χ2n) is 29.8. The third-order valence-electron chi connectivity index (χ3n) is 23.4. The molecular weight excluding hydrogens is 1160 g/mol. The van der Waals surface area contributed by atoms with E-state index >= 15 is 0 Å². The molecule has 86 heavy (non-hydrogen) atoms. The van der Waals surface area contributed by atoms with Crippen molar-refractivity contribution < 1.29 is 106 Å². The van der Waals surface area contributed by atoms with Crippen molar-refractivity contribution in [3.63, 3.8) is 0 Å². The molecule has 12 bridgehead atoms. The van der Waals surface area contributed by atoms with E-state index in [1.807, 2.05) is 6.92 Å². The maximum absolute atomic E-state index is 13.8. The van der Waals surface area contributed by atoms with Crippen molar-refractivity contribution in [3.05, 3.63) is 12.2 Å². The number of halogens is 12. The molecule has 0 heterocycles. The molecule has 23 heteroatoms. The molecule has 0 radical (unpaired) electrons. The fraction of sp³-hybridized carbons (Fsp3) is 0.889. The highest BCUT2D eigenvalue weighted by atomic mass is 19.4. The monoisotopic (exact) mass is 1250 g/mol. The number of hydrogen-bond acceptors (Lipinski definition) is 11. The molecule has 9 atom stereocenters. The summed E-state index contributed by atoms with van der Waals surface area (Å²) in [6.45, 7) is 16.4. The van der Waals surface area contributed by atoms with Gasteiger partial charge in [-0.25, -0.2) is 9.59 Å². The van der Waals surface area contributed by atoms with E-state index in [0.29, 0.717) is 62.2 Å². The number of carbonyl (C=O) groups is 5. The van der Waals surface area contributed by atoms with Crippen LogP contribution in [0.5, 0.6) is 0 Å². The van der Waals surface area contributed by atoms with Gasteiger partial charge in [-0.05, 0) is 240 Å². The number of fused-ring (bicyclic) bond motifs is 4. The summed E-state index contributed by atoms with van der Waals surface area (Å²) in [6.07, 6.45) is -14.2. The van der Waals surface area contributed by atoms with E-state index in [4.69, 9.17) is 18.9 Å². The molecule has 2 N–H and O–H groups in total. The number of ketones is 1. The van der Waals surface area contributed by atoms with Crippen LogP contribution in [0.4, 0.5) is 52.7 Å². The lowest BCUT2D eigenvalue weighted by molar-refractivity contribution is -0.375. The molecule has 12 aliphatic carbocycles. The third kappa shape index (κ3) is 13.3. The minimum absolute atomic E-state index is 0.0585. The predicted octanol–water partition coefficient (Wildman–Crippen LogP) is 14.7. The molecule has 0 aromatic carbocycles. The molecule has 490 valence electrons. The van der Waals surface area contributed by atoms with E-state index < -0.39 is 119 Å². The SMILES string of the molecule is C=C(C)C(=O)OC(CC(O)(C(F)(F)F)C(F)(F)F)C1CC2CCC1C2.CC(=O)C(=O)OC1(C)C2CC3CC(C2)CC1C3.CCC(C)(CC(C)(C)C(=O)OC1(C)C2CC3CC(C2)CC1C3)C(=O)OC(CC(O)(C(F)(F)F)C(F)(F)F)C1CC2CCC1C2. The largest absolute Gasteiger partial charge is 0.462 e. The standard InChI is InChI=1S/C33H48F6O5.C16H20F6O3.C14H20O3/c1-6-29(4,17-28(2,3)26(40)44-30(5)22-11-19-9-20(13-22)14-23(30)12-19)27(41)43-25(24-15-18-7-8-21(24)10-18)16-31(42,32(34,35)36)33(37,38)39;1-8(2)13(23)25-12(11-6-9-3-4-10(11)5-9)7-14(24,15(17,18)19)16(20,21)22;1-8(15)13(16)17-14(2)11-4-9-3-10(6-11)7-12(14)5-9/h18-25,42H,6-17H2,1-5H3;9-12,24H,1,3-7H2,2H3;9-12H,3-7H2,1-2H3. The summed E-state index contributed by atoms with van der Waals surface area (Å²) in [6, 6.07) is 0. The molecule has 12 saturated carbocycles. The Hall–Kier alpha value is -3.63. The zero-order valence-electron chi connectivity index (χ0n) is 50.6. The number of carbonyl (C=O) groups excluding carboxylic acids is 5. The van der Waals surface area contributed by atoms with Crippen molar-refractivity contribution in [1.82, 2.24) is 0 Å². The average Bonchev–Trinajstić information content (AvgIpc) is 1.21. The number of alkyl halides is 12. The molecule has 12 rings (SSSR count). The molecular formula is C63H88F12O11. The Kier molecular flexibility index (Phi) is 19.0. The molecule has 0 aliphatic heterocycles. The second-order valence-corrected chi connectivity index (χ2v) is 29.8. The highest BCUT2D eigenvalue weighted by molar-refractivity contribution is 6.32. The van der Waals surface area contributed by atoms with Gasteiger partial charge in [0.2, 0.25) is 5.78 Å². The van der Waals surface area contributed by atoms with Crippen molar-refractivity contribution >= 4 is 29.7 Å². The number of aliphatic hydroxyl groups is 2. The summed E-state index contributed by atoms with van der Waals surface area (Å²) < 4.78 is 183. The van der Waals surface area contributed by atoms with Crippen molar-refractivity contribution in [2.24, 2.45) is 93.7 Å². The highest BCUT2D eigenvalue weighted by Crippen LogP contribution is 2.62. The van der Waals surface area contributed by atoms with Crippen LogP contribution in [0.2, 0.25) is 0 Å². The van der Waals surface area contributed by atoms with Gasteiger partial charge >= 0.3 is 48.6 Å². The van der Waals surface area contributed by atoms with Crippen LogP contribution in [-0.4, -0.2) is 99.2 Å². The Balaban J connectivity index is 0.000000191. The van der Waals surface area contributed by atoms with E-state index in [2.05, 4.69) is 13.5 Å². The molecule has 0 spiro atoms. The third-order valence-corrected chi connectivity index (χ3v) is 23.4. The Morgan fingerprint density at radius 1 is 0.488 bits per heavy atom. The van der Waals surface area contributed by atoms with E-state index in [0.717, 1.165) is 50.4 Å². The molecule has 0 amide bonds. The quantitative estimate of drug-likeness (QED) is 0.0469. The van der Waals surface area contributed by atoms with Gasteiger partial charge in [0.1, 0.15) is 23.4 Å². The number of ether oxygens (including phenoxy) is 4. The Labute approximate surface area is 495 Å². The van der Waals surface area contributed by atoms with Crippen molar-refractivity contribution in [2.75, 3.05) is 0 Å². The van der Waals surface area contributed by atoms with Crippen LogP contribution in [0, 0.1) is 93.7 Å². The molecule has 0 aromatic heterocycles. The van der Waals surface area contributed by atoms with E-state index in [1.54, 1.807) is 20.8 Å². The molecule has 12 fully saturated rings. The Morgan fingerprint density at radius 3 is 1.13 bits per heavy atom. The number of hydrogen-bond donors (Lipinski definition) is 2. The minimum atomic E-state index is -6.01. The van der Waals surface area contributed by atoms with Crippen molar-refractivity contribution in [3.8, 4) is 0 Å². The van der Waals surface area contributed by atoms with Gasteiger partial charge in [-0.15, -0.1) is 0 Å². The van der Waals surface area contributed by atoms with Crippen LogP contribution in [-0.2, 0) is 42.9 Å². The first-order valence-electron chi connectivity index (χ1n) is 31.1. The van der Waals surface area contributed by atoms with Crippen LogP contribution < -0.4 is 0 Å². The fourth-order valence-electron chi connectivity index (χ4n) is 18.5. The van der Waals surface area contributed by atoms with Crippen LogP contribution in [0.1, 0.15) is 197 Å². The average molecular weight is 1250 g/mol. The topological polar surface area (TPSA) is 163 Å². The molecule has 0 saturated heterocycles. The van der Waals surface area contributed by atoms with Gasteiger partial charge < -0.3 is 29.2 Å². The van der Waals surface area contributed by atoms with Crippen LogP contribution >= 0.6 is 0 Å². The summed E-state index contributed by atoms with van der Waals surface area (Å²) in [4.78, 5) is 61.9. The minimum Gasteiger partial charge on any atom is -0.462 e. The summed E-state index contributed by atoms with van der Waals surface area (Å²) in [7, 11) is 0. The number of esters is 4. The number of Topliss-reactive ketones (excluding diaryl/α,β-unsaturated/α-hetero) is 1. The Bertz CT molecular complexity index is 2450. The fourth-order valence-corrected chi connectivity index (χ4v) is 18.5. The molecule has 9 unspecified atom stereocenters. The zero-order valence-corrected chi connectivity index (χ0v) is 50.6. The lowest BCUT2D eigenvalue weighted by Gasteiger charge is -2.59. The number of rotatable bonds is 17. The maximum atomic E-state index is 13.8. The van der Waals surface area contributed by atoms with Crippen LogP contribution in [0.15, 0.2) is 12.2 Å². The van der Waals surface area contributed by atoms with Crippen molar-refractivity contribution in [2.45, 2.75) is 256 Å². The smallest absolute Gasteiger partial charge is 0.426 e. The summed E-state index contributed by atoms with van der Waals surface area (Å²) in [5, 5.41) is 19.6. The van der Waals surface area contributed by atoms with Gasteiger partial charge in [0.05, 0.1) is 10.8 Å². The molecule has 11 nitrogen and oxygen atoms in total.